The molecule has 0 rings (SSSR count). The molecule has 0 aliphatic rings. The molecule has 0 saturated heterocycles. The number of nitrogens with one attached hydrogen (secondary N) is 1. The van der Waals surface area contributed by atoms with Gasteiger partial charge >= 0.3 is 0 Å². The van der Waals surface area contributed by atoms with E-state index >= 15 is 0 Å². The molecule has 0 aromatic carbocycles. The number of hydrogen-bond donors (Lipinski definition) is 2. The van der Waals surface area contributed by atoms with Crippen molar-refractivity contribution in [3.05, 3.63) is 0 Å². The lowest BCUT2D eigenvalue weighted by Crippen LogP contribution is -2.27. The van der Waals surface area contributed by atoms with Crippen LogP contribution in [-0.4, -0.2) is 24.7 Å². The first-order chi connectivity index (χ1) is 5.26. The summed E-state index contributed by atoms with van der Waals surface area (Å²) in [5, 5.41) is 11.2. The van der Waals surface area contributed by atoms with Crippen LogP contribution < -0.4 is 5.32 Å². The molecule has 2 N–H and O–H groups in total. The maximum atomic E-state index is 11.1. The Morgan fingerprint density at radius 3 is 2.55 bits per heavy atom. The lowest BCUT2D eigenvalue weighted by atomic mass is 9.99. The average molecular weight is 159 g/mol. The summed E-state index contributed by atoms with van der Waals surface area (Å²) in [4.78, 5) is 11.1. The Labute approximate surface area is 67.8 Å². The molecule has 0 spiro atoms. The molecule has 0 radical (unpaired) electrons. The van der Waals surface area contributed by atoms with Gasteiger partial charge in [0.1, 0.15) is 0 Å². The average Bonchev–Trinajstić information content (AvgIpc) is 2.03. The Kier molecular flexibility index (Phi) is 5.84. The van der Waals surface area contributed by atoms with Gasteiger partial charge in [-0.3, -0.25) is 4.79 Å². The SMILES string of the molecule is CCCC(CCO)C(=O)NC. The smallest absolute Gasteiger partial charge is 0.222 e. The third kappa shape index (κ3) is 3.98. The van der Waals surface area contributed by atoms with E-state index < -0.39 is 0 Å². The maximum Gasteiger partial charge on any atom is 0.222 e. The van der Waals surface area contributed by atoms with Crippen LogP contribution in [0, 0.1) is 5.92 Å². The standard InChI is InChI=1S/C8H17NO2/c1-3-4-7(5-6-10)8(11)9-2/h7,10H,3-6H2,1-2H3,(H,9,11). The number of aliphatic hydroxyl groups excluding tert-OH is 1. The van der Waals surface area contributed by atoms with Gasteiger partial charge in [0.25, 0.3) is 0 Å². The molecule has 1 unspecified atom stereocenters. The van der Waals surface area contributed by atoms with Gasteiger partial charge in [-0.25, -0.2) is 0 Å². The van der Waals surface area contributed by atoms with Gasteiger partial charge in [0.15, 0.2) is 0 Å². The first kappa shape index (κ1) is 10.4. The second kappa shape index (κ2) is 6.16. The third-order valence-corrected chi connectivity index (χ3v) is 1.73. The van der Waals surface area contributed by atoms with Crippen molar-refractivity contribution >= 4 is 5.91 Å². The number of amides is 1. The fourth-order valence-corrected chi connectivity index (χ4v) is 1.11. The summed E-state index contributed by atoms with van der Waals surface area (Å²) in [6.45, 7) is 2.13. The lowest BCUT2D eigenvalue weighted by molar-refractivity contribution is -0.125. The van der Waals surface area contributed by atoms with E-state index in [0.717, 1.165) is 12.8 Å². The highest BCUT2D eigenvalue weighted by molar-refractivity contribution is 5.78. The number of carbonyl (C=O) groups excluding carboxylic acids is 1. The van der Waals surface area contributed by atoms with Crippen molar-refractivity contribution < 1.29 is 9.90 Å². The van der Waals surface area contributed by atoms with Crippen molar-refractivity contribution in [2.45, 2.75) is 26.2 Å². The molecule has 0 bridgehead atoms. The molecule has 11 heavy (non-hydrogen) atoms. The topological polar surface area (TPSA) is 49.3 Å². The van der Waals surface area contributed by atoms with Gasteiger partial charge in [0.05, 0.1) is 0 Å². The summed E-state index contributed by atoms with van der Waals surface area (Å²) in [5.41, 5.74) is 0. The van der Waals surface area contributed by atoms with E-state index in [1.807, 2.05) is 6.92 Å². The molecule has 0 fully saturated rings. The van der Waals surface area contributed by atoms with Crippen molar-refractivity contribution in [2.75, 3.05) is 13.7 Å². The molecular formula is C8H17NO2. The van der Waals surface area contributed by atoms with Crippen LogP contribution in [0.4, 0.5) is 0 Å². The predicted molar refractivity (Wildman–Crippen MR) is 44.2 cm³/mol. The monoisotopic (exact) mass is 159 g/mol. The van der Waals surface area contributed by atoms with Gasteiger partial charge in [-0.15, -0.1) is 0 Å². The van der Waals surface area contributed by atoms with Crippen molar-refractivity contribution in [3.8, 4) is 0 Å². The van der Waals surface area contributed by atoms with Crippen molar-refractivity contribution in [1.29, 1.82) is 0 Å². The van der Waals surface area contributed by atoms with Crippen molar-refractivity contribution in [2.24, 2.45) is 5.92 Å². The van der Waals surface area contributed by atoms with Crippen LogP contribution in [0.25, 0.3) is 0 Å². The molecule has 66 valence electrons. The van der Waals surface area contributed by atoms with Crippen molar-refractivity contribution in [1.82, 2.24) is 5.32 Å². The molecule has 0 aliphatic heterocycles. The summed E-state index contributed by atoms with van der Waals surface area (Å²) in [7, 11) is 1.63. The molecule has 1 atom stereocenters. The number of aliphatic hydroxyl groups is 1. The van der Waals surface area contributed by atoms with Crippen molar-refractivity contribution in [3.63, 3.8) is 0 Å². The number of hydrogen-bond acceptors (Lipinski definition) is 2. The Hall–Kier alpha value is -0.570. The summed E-state index contributed by atoms with van der Waals surface area (Å²) in [6, 6.07) is 0. The minimum atomic E-state index is -0.00463. The van der Waals surface area contributed by atoms with Crippen LogP contribution in [0.15, 0.2) is 0 Å². The molecular weight excluding hydrogens is 142 g/mol. The second-order valence-corrected chi connectivity index (χ2v) is 2.61. The van der Waals surface area contributed by atoms with E-state index in [0.29, 0.717) is 6.42 Å². The van der Waals surface area contributed by atoms with Crippen LogP contribution in [0.2, 0.25) is 0 Å². The van der Waals surface area contributed by atoms with Gasteiger partial charge in [0, 0.05) is 19.6 Å². The highest BCUT2D eigenvalue weighted by Crippen LogP contribution is 2.10. The summed E-state index contributed by atoms with van der Waals surface area (Å²) in [6.07, 6.45) is 2.42. The van der Waals surface area contributed by atoms with Crippen LogP contribution in [-0.2, 0) is 4.79 Å². The first-order valence-electron chi connectivity index (χ1n) is 4.08. The predicted octanol–water partition coefficient (Wildman–Crippen LogP) is 0.531. The Morgan fingerprint density at radius 1 is 1.55 bits per heavy atom. The fourth-order valence-electron chi connectivity index (χ4n) is 1.11. The molecule has 0 aromatic heterocycles. The van der Waals surface area contributed by atoms with E-state index in [1.54, 1.807) is 7.05 Å². The maximum absolute atomic E-state index is 11.1. The number of carbonyl (C=O) groups is 1. The second-order valence-electron chi connectivity index (χ2n) is 2.61. The minimum absolute atomic E-state index is 0.00463. The van der Waals surface area contributed by atoms with Crippen LogP contribution in [0.1, 0.15) is 26.2 Å². The van der Waals surface area contributed by atoms with Gasteiger partial charge in [-0.2, -0.15) is 0 Å². The van der Waals surface area contributed by atoms with Gasteiger partial charge in [-0.05, 0) is 12.8 Å². The van der Waals surface area contributed by atoms with Crippen LogP contribution in [0.5, 0.6) is 0 Å². The Bertz CT molecular complexity index is 109. The summed E-state index contributed by atoms with van der Waals surface area (Å²) in [5.74, 6) is 0.0379. The van der Waals surface area contributed by atoms with Gasteiger partial charge in [-0.1, -0.05) is 13.3 Å². The number of rotatable bonds is 5. The Balaban J connectivity index is 3.76. The van der Waals surface area contributed by atoms with E-state index in [-0.39, 0.29) is 18.4 Å². The minimum Gasteiger partial charge on any atom is -0.396 e. The molecule has 3 nitrogen and oxygen atoms in total. The molecule has 1 amide bonds. The van der Waals surface area contributed by atoms with Crippen LogP contribution >= 0.6 is 0 Å². The zero-order valence-electron chi connectivity index (χ0n) is 7.26. The normalized spacial score (nSPS) is 12.6. The van der Waals surface area contributed by atoms with E-state index in [9.17, 15) is 4.79 Å². The van der Waals surface area contributed by atoms with E-state index in [2.05, 4.69) is 5.32 Å². The molecule has 3 heteroatoms. The van der Waals surface area contributed by atoms with Gasteiger partial charge in [0.2, 0.25) is 5.91 Å². The molecule has 0 aliphatic carbocycles. The third-order valence-electron chi connectivity index (χ3n) is 1.73. The summed E-state index contributed by atoms with van der Waals surface area (Å²) >= 11 is 0. The van der Waals surface area contributed by atoms with E-state index in [4.69, 9.17) is 5.11 Å². The first-order valence-corrected chi connectivity index (χ1v) is 4.08. The molecule has 0 saturated carbocycles. The highest BCUT2D eigenvalue weighted by Gasteiger charge is 2.14. The summed E-state index contributed by atoms with van der Waals surface area (Å²) < 4.78 is 0. The highest BCUT2D eigenvalue weighted by atomic mass is 16.3. The van der Waals surface area contributed by atoms with Gasteiger partial charge < -0.3 is 10.4 Å². The largest absolute Gasteiger partial charge is 0.396 e. The van der Waals surface area contributed by atoms with E-state index in [1.165, 1.54) is 0 Å². The zero-order chi connectivity index (χ0) is 8.69. The quantitative estimate of drug-likeness (QED) is 0.614. The lowest BCUT2D eigenvalue weighted by Gasteiger charge is -2.11. The fraction of sp³-hybridized carbons (Fsp3) is 0.875. The molecule has 0 heterocycles. The zero-order valence-corrected chi connectivity index (χ0v) is 7.26. The molecule has 0 aromatic rings. The van der Waals surface area contributed by atoms with Crippen LogP contribution in [0.3, 0.4) is 0 Å². The Morgan fingerprint density at radius 2 is 2.18 bits per heavy atom.